The van der Waals surface area contributed by atoms with Crippen molar-refractivity contribution < 1.29 is 4.79 Å². The zero-order valence-corrected chi connectivity index (χ0v) is 9.96. The van der Waals surface area contributed by atoms with Crippen LogP contribution in [0.15, 0.2) is 0 Å². The first-order valence-corrected chi connectivity index (χ1v) is 5.92. The molecule has 0 aromatic rings. The zero-order valence-electron chi connectivity index (χ0n) is 9.96. The van der Waals surface area contributed by atoms with E-state index in [1.807, 2.05) is 11.9 Å². The largest absolute Gasteiger partial charge is 0.340 e. The summed E-state index contributed by atoms with van der Waals surface area (Å²) < 4.78 is 0. The number of carbonyl (C=O) groups is 1. The SMILES string of the molecule is CCN1CCN(C(=O)CCCNC)CC1. The number of nitrogens with one attached hydrogen (secondary N) is 1. The molecule has 0 aliphatic carbocycles. The lowest BCUT2D eigenvalue weighted by Gasteiger charge is -2.34. The predicted octanol–water partition coefficient (Wildman–Crippen LogP) is 0.150. The molecule has 1 heterocycles. The Morgan fingerprint density at radius 1 is 1.27 bits per heavy atom. The second kappa shape index (κ2) is 6.80. The van der Waals surface area contributed by atoms with Gasteiger partial charge in [-0.25, -0.2) is 0 Å². The Bertz CT molecular complexity index is 188. The molecule has 1 amide bonds. The minimum absolute atomic E-state index is 0.320. The molecule has 0 unspecified atom stereocenters. The first kappa shape index (κ1) is 12.5. The van der Waals surface area contributed by atoms with Gasteiger partial charge in [-0.05, 0) is 26.6 Å². The second-order valence-corrected chi connectivity index (χ2v) is 4.02. The van der Waals surface area contributed by atoms with Crippen LogP contribution in [0.1, 0.15) is 19.8 Å². The molecule has 0 aromatic carbocycles. The van der Waals surface area contributed by atoms with Gasteiger partial charge in [0, 0.05) is 32.6 Å². The van der Waals surface area contributed by atoms with E-state index in [1.54, 1.807) is 0 Å². The van der Waals surface area contributed by atoms with Gasteiger partial charge in [-0.15, -0.1) is 0 Å². The van der Waals surface area contributed by atoms with Crippen LogP contribution in [-0.4, -0.2) is 62.0 Å². The summed E-state index contributed by atoms with van der Waals surface area (Å²) in [6, 6.07) is 0. The van der Waals surface area contributed by atoms with Crippen molar-refractivity contribution >= 4 is 5.91 Å². The monoisotopic (exact) mass is 213 g/mol. The number of rotatable bonds is 5. The maximum absolute atomic E-state index is 11.7. The Morgan fingerprint density at radius 2 is 1.93 bits per heavy atom. The maximum Gasteiger partial charge on any atom is 0.222 e. The molecule has 15 heavy (non-hydrogen) atoms. The van der Waals surface area contributed by atoms with Crippen LogP contribution in [-0.2, 0) is 4.79 Å². The lowest BCUT2D eigenvalue weighted by Crippen LogP contribution is -2.48. The van der Waals surface area contributed by atoms with Gasteiger partial charge < -0.3 is 15.1 Å². The molecule has 4 nitrogen and oxygen atoms in total. The number of likely N-dealkylation sites (N-methyl/N-ethyl adjacent to an activating group) is 1. The third-order valence-corrected chi connectivity index (χ3v) is 2.99. The van der Waals surface area contributed by atoms with E-state index in [0.717, 1.165) is 45.7 Å². The Hall–Kier alpha value is -0.610. The van der Waals surface area contributed by atoms with Crippen LogP contribution in [0.25, 0.3) is 0 Å². The molecular weight excluding hydrogens is 190 g/mol. The number of amides is 1. The van der Waals surface area contributed by atoms with Gasteiger partial charge in [-0.1, -0.05) is 6.92 Å². The smallest absolute Gasteiger partial charge is 0.222 e. The Kier molecular flexibility index (Phi) is 5.65. The third-order valence-electron chi connectivity index (χ3n) is 2.99. The highest BCUT2D eigenvalue weighted by Gasteiger charge is 2.19. The summed E-state index contributed by atoms with van der Waals surface area (Å²) in [6.45, 7) is 8.09. The molecule has 0 saturated carbocycles. The minimum atomic E-state index is 0.320. The first-order valence-electron chi connectivity index (χ1n) is 5.92. The highest BCUT2D eigenvalue weighted by Crippen LogP contribution is 2.04. The van der Waals surface area contributed by atoms with Crippen LogP contribution in [0.3, 0.4) is 0 Å². The van der Waals surface area contributed by atoms with Gasteiger partial charge in [0.15, 0.2) is 0 Å². The number of nitrogens with zero attached hydrogens (tertiary/aromatic N) is 2. The molecule has 4 heteroatoms. The van der Waals surface area contributed by atoms with Crippen molar-refractivity contribution in [2.75, 3.05) is 46.3 Å². The van der Waals surface area contributed by atoms with Gasteiger partial charge in [0.2, 0.25) is 5.91 Å². The normalized spacial score (nSPS) is 18.1. The molecule has 1 rings (SSSR count). The maximum atomic E-state index is 11.7. The summed E-state index contributed by atoms with van der Waals surface area (Å²) in [5, 5.41) is 3.06. The average molecular weight is 213 g/mol. The van der Waals surface area contributed by atoms with Gasteiger partial charge in [0.25, 0.3) is 0 Å². The fraction of sp³-hybridized carbons (Fsp3) is 0.909. The highest BCUT2D eigenvalue weighted by molar-refractivity contribution is 5.76. The number of hydrogen-bond donors (Lipinski definition) is 1. The van der Waals surface area contributed by atoms with Crippen molar-refractivity contribution in [1.82, 2.24) is 15.1 Å². The van der Waals surface area contributed by atoms with Gasteiger partial charge in [-0.2, -0.15) is 0 Å². The second-order valence-electron chi connectivity index (χ2n) is 4.02. The summed E-state index contributed by atoms with van der Waals surface area (Å²) in [5.74, 6) is 0.320. The number of hydrogen-bond acceptors (Lipinski definition) is 3. The average Bonchev–Trinajstić information content (AvgIpc) is 2.29. The quantitative estimate of drug-likeness (QED) is 0.660. The van der Waals surface area contributed by atoms with Crippen LogP contribution >= 0.6 is 0 Å². The summed E-state index contributed by atoms with van der Waals surface area (Å²) in [4.78, 5) is 16.1. The van der Waals surface area contributed by atoms with Crippen LogP contribution in [0.5, 0.6) is 0 Å². The summed E-state index contributed by atoms with van der Waals surface area (Å²) in [6.07, 6.45) is 1.64. The molecule has 1 fully saturated rings. The summed E-state index contributed by atoms with van der Waals surface area (Å²) in [7, 11) is 1.92. The Morgan fingerprint density at radius 3 is 2.47 bits per heavy atom. The highest BCUT2D eigenvalue weighted by atomic mass is 16.2. The molecule has 0 atom stereocenters. The zero-order chi connectivity index (χ0) is 11.1. The third kappa shape index (κ3) is 4.18. The van der Waals surface area contributed by atoms with Gasteiger partial charge >= 0.3 is 0 Å². The molecule has 0 aromatic heterocycles. The van der Waals surface area contributed by atoms with E-state index in [4.69, 9.17) is 0 Å². The predicted molar refractivity (Wildman–Crippen MR) is 61.9 cm³/mol. The molecular formula is C11H23N3O. The van der Waals surface area contributed by atoms with E-state index in [-0.39, 0.29) is 0 Å². The van der Waals surface area contributed by atoms with Crippen molar-refractivity contribution in [1.29, 1.82) is 0 Å². The van der Waals surface area contributed by atoms with Gasteiger partial charge in [0.05, 0.1) is 0 Å². The first-order chi connectivity index (χ1) is 7.27. The van der Waals surface area contributed by atoms with E-state index in [1.165, 1.54) is 0 Å². The summed E-state index contributed by atoms with van der Waals surface area (Å²) >= 11 is 0. The Balaban J connectivity index is 2.18. The number of piperazine rings is 1. The van der Waals surface area contributed by atoms with Crippen molar-refractivity contribution in [3.8, 4) is 0 Å². The van der Waals surface area contributed by atoms with Crippen molar-refractivity contribution in [2.24, 2.45) is 0 Å². The van der Waals surface area contributed by atoms with Gasteiger partial charge in [-0.3, -0.25) is 4.79 Å². The minimum Gasteiger partial charge on any atom is -0.340 e. The van der Waals surface area contributed by atoms with Crippen molar-refractivity contribution in [3.63, 3.8) is 0 Å². The van der Waals surface area contributed by atoms with Crippen LogP contribution in [0.4, 0.5) is 0 Å². The van der Waals surface area contributed by atoms with E-state index < -0.39 is 0 Å². The van der Waals surface area contributed by atoms with E-state index >= 15 is 0 Å². The van der Waals surface area contributed by atoms with Crippen LogP contribution in [0, 0.1) is 0 Å². The standard InChI is InChI=1S/C11H23N3O/c1-3-13-7-9-14(10-8-13)11(15)5-4-6-12-2/h12H,3-10H2,1-2H3. The molecule has 0 bridgehead atoms. The lowest BCUT2D eigenvalue weighted by atomic mass is 10.2. The van der Waals surface area contributed by atoms with Crippen LogP contribution in [0.2, 0.25) is 0 Å². The molecule has 0 radical (unpaired) electrons. The van der Waals surface area contributed by atoms with E-state index in [2.05, 4.69) is 17.1 Å². The molecule has 0 spiro atoms. The fourth-order valence-electron chi connectivity index (χ4n) is 1.89. The molecule has 1 aliphatic rings. The van der Waals surface area contributed by atoms with Crippen molar-refractivity contribution in [2.45, 2.75) is 19.8 Å². The topological polar surface area (TPSA) is 35.6 Å². The van der Waals surface area contributed by atoms with Crippen LogP contribution < -0.4 is 5.32 Å². The summed E-state index contributed by atoms with van der Waals surface area (Å²) in [5.41, 5.74) is 0. The van der Waals surface area contributed by atoms with Crippen molar-refractivity contribution in [3.05, 3.63) is 0 Å². The molecule has 1 saturated heterocycles. The molecule has 88 valence electrons. The van der Waals surface area contributed by atoms with E-state index in [9.17, 15) is 4.79 Å². The lowest BCUT2D eigenvalue weighted by molar-refractivity contribution is -0.133. The Labute approximate surface area is 92.6 Å². The van der Waals surface area contributed by atoms with E-state index in [0.29, 0.717) is 12.3 Å². The molecule has 1 N–H and O–H groups in total. The number of carbonyl (C=O) groups excluding carboxylic acids is 1. The fourth-order valence-corrected chi connectivity index (χ4v) is 1.89. The van der Waals surface area contributed by atoms with Gasteiger partial charge in [0.1, 0.15) is 0 Å². The molecule has 1 aliphatic heterocycles.